The third-order valence-electron chi connectivity index (χ3n) is 1.84. The highest BCUT2D eigenvalue weighted by Crippen LogP contribution is 2.10. The minimum Gasteiger partial charge on any atom is -0.297 e. The zero-order chi connectivity index (χ0) is 7.84. The lowest BCUT2D eigenvalue weighted by Gasteiger charge is -1.99. The predicted octanol–water partition coefficient (Wildman–Crippen LogP) is 0.843. The van der Waals surface area contributed by atoms with Crippen LogP contribution in [0, 0.1) is 0 Å². The maximum atomic E-state index is 11.2. The summed E-state index contributed by atoms with van der Waals surface area (Å²) in [6, 6.07) is 1.36. The summed E-state index contributed by atoms with van der Waals surface area (Å²) in [7, 11) is 0. The van der Waals surface area contributed by atoms with Crippen LogP contribution in [0.1, 0.15) is 12.2 Å². The van der Waals surface area contributed by atoms with Crippen molar-refractivity contribution in [2.75, 3.05) is 0 Å². The van der Waals surface area contributed by atoms with Gasteiger partial charge in [-0.05, 0) is 6.42 Å². The van der Waals surface area contributed by atoms with E-state index in [1.165, 1.54) is 6.07 Å². The van der Waals surface area contributed by atoms with Crippen LogP contribution in [0.15, 0.2) is 10.9 Å². The summed E-state index contributed by atoms with van der Waals surface area (Å²) < 4.78 is 1.67. The molecule has 0 saturated carbocycles. The second-order valence-corrected chi connectivity index (χ2v) is 2.98. The predicted molar refractivity (Wildman–Crippen MR) is 41.8 cm³/mol. The van der Waals surface area contributed by atoms with E-state index in [-0.39, 0.29) is 5.56 Å². The number of aryl methyl sites for hydroxylation is 1. The molecule has 1 aliphatic rings. The van der Waals surface area contributed by atoms with E-state index in [2.05, 4.69) is 4.98 Å². The average Bonchev–Trinajstić information content (AvgIpc) is 2.34. The lowest BCUT2D eigenvalue weighted by Crippen LogP contribution is -2.19. The first-order valence-corrected chi connectivity index (χ1v) is 3.91. The summed E-state index contributed by atoms with van der Waals surface area (Å²) in [4.78, 5) is 15.2. The number of hydrogen-bond donors (Lipinski definition) is 0. The van der Waals surface area contributed by atoms with Gasteiger partial charge in [-0.3, -0.25) is 9.36 Å². The van der Waals surface area contributed by atoms with Crippen molar-refractivity contribution in [2.45, 2.75) is 19.4 Å². The van der Waals surface area contributed by atoms with Gasteiger partial charge in [0.05, 0.1) is 0 Å². The molecule has 1 aromatic heterocycles. The quantitative estimate of drug-likeness (QED) is 0.541. The molecule has 0 N–H and O–H groups in total. The molecule has 0 radical (unpaired) electrons. The molecule has 0 atom stereocenters. The number of hydrogen-bond acceptors (Lipinski definition) is 2. The second kappa shape index (κ2) is 2.34. The molecule has 0 amide bonds. The average molecular weight is 171 g/mol. The molecular weight excluding hydrogens is 164 g/mol. The fourth-order valence-corrected chi connectivity index (χ4v) is 1.54. The highest BCUT2D eigenvalue weighted by atomic mass is 35.5. The lowest BCUT2D eigenvalue weighted by atomic mass is 10.4. The molecule has 2 rings (SSSR count). The standard InChI is InChI=1S/C7H7ClN2O/c8-5-4-7(11)10-3-1-2-6(10)9-5/h4H,1-3H2. The van der Waals surface area contributed by atoms with Crippen molar-refractivity contribution in [2.24, 2.45) is 0 Å². The second-order valence-electron chi connectivity index (χ2n) is 2.59. The first-order chi connectivity index (χ1) is 5.27. The van der Waals surface area contributed by atoms with E-state index in [1.807, 2.05) is 0 Å². The summed E-state index contributed by atoms with van der Waals surface area (Å²) >= 11 is 5.60. The van der Waals surface area contributed by atoms with E-state index in [0.29, 0.717) is 5.15 Å². The van der Waals surface area contributed by atoms with Gasteiger partial charge in [0, 0.05) is 19.0 Å². The van der Waals surface area contributed by atoms with Crippen molar-refractivity contribution in [3.63, 3.8) is 0 Å². The summed E-state index contributed by atoms with van der Waals surface area (Å²) in [6.45, 7) is 0.790. The van der Waals surface area contributed by atoms with Gasteiger partial charge in [0.25, 0.3) is 5.56 Å². The number of aromatic nitrogens is 2. The molecule has 0 aliphatic carbocycles. The van der Waals surface area contributed by atoms with Gasteiger partial charge >= 0.3 is 0 Å². The molecule has 0 aromatic carbocycles. The molecule has 3 nitrogen and oxygen atoms in total. The largest absolute Gasteiger partial charge is 0.297 e. The minimum absolute atomic E-state index is 0.0301. The molecule has 0 unspecified atom stereocenters. The van der Waals surface area contributed by atoms with Gasteiger partial charge in [0.2, 0.25) is 0 Å². The summed E-state index contributed by atoms with van der Waals surface area (Å²) in [6.07, 6.45) is 1.87. The molecule has 1 aliphatic heterocycles. The zero-order valence-electron chi connectivity index (χ0n) is 5.88. The maximum Gasteiger partial charge on any atom is 0.254 e. The fraction of sp³-hybridized carbons (Fsp3) is 0.429. The summed E-state index contributed by atoms with van der Waals surface area (Å²) in [5, 5.41) is 0.308. The number of rotatable bonds is 0. The lowest BCUT2D eigenvalue weighted by molar-refractivity contribution is 0.711. The van der Waals surface area contributed by atoms with Crippen molar-refractivity contribution >= 4 is 11.6 Å². The Bertz CT molecular complexity index is 345. The number of fused-ring (bicyclic) bond motifs is 1. The fourth-order valence-electron chi connectivity index (χ4n) is 1.35. The van der Waals surface area contributed by atoms with Crippen molar-refractivity contribution in [3.05, 3.63) is 27.4 Å². The number of nitrogens with zero attached hydrogens (tertiary/aromatic N) is 2. The zero-order valence-corrected chi connectivity index (χ0v) is 6.64. The molecule has 11 heavy (non-hydrogen) atoms. The third kappa shape index (κ3) is 1.05. The first kappa shape index (κ1) is 6.85. The Morgan fingerprint density at radius 2 is 2.45 bits per heavy atom. The van der Waals surface area contributed by atoms with E-state index < -0.39 is 0 Å². The normalized spacial score (nSPS) is 15.0. The Kier molecular flexibility index (Phi) is 1.46. The van der Waals surface area contributed by atoms with Crippen LogP contribution in [-0.4, -0.2) is 9.55 Å². The van der Waals surface area contributed by atoms with E-state index in [4.69, 9.17) is 11.6 Å². The minimum atomic E-state index is -0.0301. The molecule has 2 heterocycles. The van der Waals surface area contributed by atoms with Gasteiger partial charge in [0.1, 0.15) is 11.0 Å². The molecule has 1 aromatic rings. The van der Waals surface area contributed by atoms with Gasteiger partial charge in [-0.1, -0.05) is 11.6 Å². The molecular formula is C7H7ClN2O. The highest BCUT2D eigenvalue weighted by molar-refractivity contribution is 6.29. The Morgan fingerprint density at radius 1 is 1.64 bits per heavy atom. The summed E-state index contributed by atoms with van der Waals surface area (Å²) in [5.41, 5.74) is -0.0301. The van der Waals surface area contributed by atoms with Gasteiger partial charge in [-0.15, -0.1) is 0 Å². The van der Waals surface area contributed by atoms with Gasteiger partial charge in [-0.2, -0.15) is 0 Å². The Balaban J connectivity index is 2.70. The van der Waals surface area contributed by atoms with E-state index >= 15 is 0 Å². The monoisotopic (exact) mass is 170 g/mol. The van der Waals surface area contributed by atoms with Crippen LogP contribution in [0.25, 0.3) is 0 Å². The van der Waals surface area contributed by atoms with Crippen molar-refractivity contribution in [3.8, 4) is 0 Å². The molecule has 4 heteroatoms. The highest BCUT2D eigenvalue weighted by Gasteiger charge is 2.12. The topological polar surface area (TPSA) is 34.9 Å². The first-order valence-electron chi connectivity index (χ1n) is 3.53. The summed E-state index contributed by atoms with van der Waals surface area (Å²) in [5.74, 6) is 0.822. The van der Waals surface area contributed by atoms with Crippen molar-refractivity contribution < 1.29 is 0 Å². The van der Waals surface area contributed by atoms with E-state index in [1.54, 1.807) is 4.57 Å². The van der Waals surface area contributed by atoms with E-state index in [9.17, 15) is 4.79 Å². The molecule has 0 fully saturated rings. The van der Waals surface area contributed by atoms with Crippen LogP contribution < -0.4 is 5.56 Å². The molecule has 0 saturated heterocycles. The van der Waals surface area contributed by atoms with Crippen LogP contribution >= 0.6 is 11.6 Å². The smallest absolute Gasteiger partial charge is 0.254 e. The molecule has 0 bridgehead atoms. The van der Waals surface area contributed by atoms with Crippen molar-refractivity contribution in [1.29, 1.82) is 0 Å². The SMILES string of the molecule is O=c1cc(Cl)nc2n1CCC2. The van der Waals surface area contributed by atoms with Gasteiger partial charge in [0.15, 0.2) is 0 Å². The van der Waals surface area contributed by atoms with Crippen LogP contribution in [0.3, 0.4) is 0 Å². The Labute approximate surface area is 68.6 Å². The van der Waals surface area contributed by atoms with Crippen molar-refractivity contribution in [1.82, 2.24) is 9.55 Å². The molecule has 58 valence electrons. The van der Waals surface area contributed by atoms with Crippen LogP contribution in [0.5, 0.6) is 0 Å². The van der Waals surface area contributed by atoms with Crippen LogP contribution in [0.2, 0.25) is 5.15 Å². The number of halogens is 1. The maximum absolute atomic E-state index is 11.2. The Hall–Kier alpha value is -0.830. The van der Waals surface area contributed by atoms with E-state index in [0.717, 1.165) is 25.2 Å². The van der Waals surface area contributed by atoms with Gasteiger partial charge in [-0.25, -0.2) is 4.98 Å². The van der Waals surface area contributed by atoms with Crippen LogP contribution in [0.4, 0.5) is 0 Å². The Morgan fingerprint density at radius 3 is 3.27 bits per heavy atom. The van der Waals surface area contributed by atoms with Gasteiger partial charge < -0.3 is 0 Å². The molecule has 0 spiro atoms. The third-order valence-corrected chi connectivity index (χ3v) is 2.03. The van der Waals surface area contributed by atoms with Crippen LogP contribution in [-0.2, 0) is 13.0 Å².